The maximum absolute atomic E-state index is 12.4. The Hall–Kier alpha value is -1.06. The Bertz CT molecular complexity index is 438. The Morgan fingerprint density at radius 1 is 1.10 bits per heavy atom. The van der Waals surface area contributed by atoms with Gasteiger partial charge in [-0.15, -0.1) is 0 Å². The van der Waals surface area contributed by atoms with Crippen molar-refractivity contribution in [1.29, 1.82) is 0 Å². The highest BCUT2D eigenvalue weighted by molar-refractivity contribution is 5.87. The molecule has 0 aromatic carbocycles. The van der Waals surface area contributed by atoms with Crippen molar-refractivity contribution in [3.8, 4) is 0 Å². The molecular formula is C17H26N2O2. The van der Waals surface area contributed by atoms with Gasteiger partial charge >= 0.3 is 0 Å². The van der Waals surface area contributed by atoms with E-state index in [0.29, 0.717) is 24.4 Å². The molecule has 21 heavy (non-hydrogen) atoms. The molecule has 1 saturated heterocycles. The molecule has 0 spiro atoms. The molecule has 0 aromatic rings. The molecule has 5 aliphatic rings. The smallest absolute Gasteiger partial charge is 0.242 e. The lowest BCUT2D eigenvalue weighted by molar-refractivity contribution is -0.143. The summed E-state index contributed by atoms with van der Waals surface area (Å²) < 4.78 is 0. The van der Waals surface area contributed by atoms with Gasteiger partial charge in [0.15, 0.2) is 0 Å². The molecule has 1 heterocycles. The maximum Gasteiger partial charge on any atom is 0.242 e. The van der Waals surface area contributed by atoms with E-state index in [1.165, 1.54) is 38.5 Å². The number of carbonyl (C=O) groups excluding carboxylic acids is 2. The molecule has 1 atom stereocenters. The third kappa shape index (κ3) is 2.18. The van der Waals surface area contributed by atoms with Crippen LogP contribution in [-0.4, -0.2) is 35.8 Å². The van der Waals surface area contributed by atoms with E-state index in [0.717, 1.165) is 17.8 Å². The van der Waals surface area contributed by atoms with Gasteiger partial charge < -0.3 is 10.2 Å². The summed E-state index contributed by atoms with van der Waals surface area (Å²) in [5.74, 6) is 2.84. The molecule has 5 rings (SSSR count). The van der Waals surface area contributed by atoms with Crippen molar-refractivity contribution >= 4 is 11.8 Å². The van der Waals surface area contributed by atoms with Gasteiger partial charge in [0, 0.05) is 19.0 Å². The van der Waals surface area contributed by atoms with Crippen LogP contribution in [0.15, 0.2) is 0 Å². The Morgan fingerprint density at radius 3 is 2.24 bits per heavy atom. The molecule has 5 fully saturated rings. The van der Waals surface area contributed by atoms with E-state index in [1.807, 2.05) is 4.90 Å². The van der Waals surface area contributed by atoms with Crippen LogP contribution in [0.5, 0.6) is 0 Å². The van der Waals surface area contributed by atoms with Crippen LogP contribution in [0.25, 0.3) is 0 Å². The molecule has 4 heteroatoms. The van der Waals surface area contributed by atoms with Crippen molar-refractivity contribution in [2.24, 2.45) is 23.2 Å². The highest BCUT2D eigenvalue weighted by Gasteiger charge is 2.54. The van der Waals surface area contributed by atoms with E-state index in [-0.39, 0.29) is 18.4 Å². The van der Waals surface area contributed by atoms with Crippen LogP contribution in [-0.2, 0) is 9.59 Å². The van der Waals surface area contributed by atoms with Crippen molar-refractivity contribution in [3.63, 3.8) is 0 Å². The zero-order chi connectivity index (χ0) is 14.6. The number of nitrogens with zero attached hydrogens (tertiary/aromatic N) is 1. The summed E-state index contributed by atoms with van der Waals surface area (Å²) in [6.07, 6.45) is 8.68. The Balaban J connectivity index is 1.57. The first-order valence-corrected chi connectivity index (χ1v) is 8.62. The van der Waals surface area contributed by atoms with Gasteiger partial charge in [-0.1, -0.05) is 0 Å². The zero-order valence-corrected chi connectivity index (χ0v) is 12.9. The third-order valence-corrected chi connectivity index (χ3v) is 6.78. The van der Waals surface area contributed by atoms with Crippen molar-refractivity contribution in [2.45, 2.75) is 57.9 Å². The quantitative estimate of drug-likeness (QED) is 0.845. The minimum Gasteiger partial charge on any atom is -0.347 e. The van der Waals surface area contributed by atoms with Gasteiger partial charge in [0.25, 0.3) is 0 Å². The normalized spacial score (nSPS) is 43.7. The van der Waals surface area contributed by atoms with Crippen LogP contribution in [0, 0.1) is 23.2 Å². The molecule has 4 bridgehead atoms. The van der Waals surface area contributed by atoms with Crippen molar-refractivity contribution in [2.75, 3.05) is 13.1 Å². The first-order valence-electron chi connectivity index (χ1n) is 8.62. The van der Waals surface area contributed by atoms with Gasteiger partial charge in [-0.05, 0) is 68.6 Å². The fraction of sp³-hybridized carbons (Fsp3) is 0.882. The van der Waals surface area contributed by atoms with Crippen LogP contribution >= 0.6 is 0 Å². The summed E-state index contributed by atoms with van der Waals surface area (Å²) in [4.78, 5) is 26.0. The summed E-state index contributed by atoms with van der Waals surface area (Å²) in [7, 11) is 0. The highest BCUT2D eigenvalue weighted by atomic mass is 16.2. The molecule has 4 saturated carbocycles. The van der Waals surface area contributed by atoms with Gasteiger partial charge in [0.2, 0.25) is 11.8 Å². The lowest BCUT2D eigenvalue weighted by Gasteiger charge is -2.60. The lowest BCUT2D eigenvalue weighted by atomic mass is 9.47. The summed E-state index contributed by atoms with van der Waals surface area (Å²) in [5.41, 5.74) is 0.345. The topological polar surface area (TPSA) is 49.4 Å². The average molecular weight is 290 g/mol. The Labute approximate surface area is 126 Å². The first kappa shape index (κ1) is 13.6. The van der Waals surface area contributed by atoms with E-state index < -0.39 is 0 Å². The van der Waals surface area contributed by atoms with Crippen molar-refractivity contribution in [3.05, 3.63) is 0 Å². The minimum atomic E-state index is 0.0172. The first-order chi connectivity index (χ1) is 10.1. The van der Waals surface area contributed by atoms with Crippen LogP contribution in [0.1, 0.15) is 51.9 Å². The molecule has 4 nitrogen and oxygen atoms in total. The lowest BCUT2D eigenvalue weighted by Crippen LogP contribution is -2.57. The number of hydrogen-bond acceptors (Lipinski definition) is 2. The van der Waals surface area contributed by atoms with Gasteiger partial charge in [-0.2, -0.15) is 0 Å². The Morgan fingerprint density at radius 2 is 1.67 bits per heavy atom. The van der Waals surface area contributed by atoms with Crippen LogP contribution in [0.3, 0.4) is 0 Å². The summed E-state index contributed by atoms with van der Waals surface area (Å²) in [6.45, 7) is 3.05. The second-order valence-electron chi connectivity index (χ2n) is 8.07. The standard InChI is InChI=1S/C17H26N2O2/c1-11(19-3-2-15(20)18-10-16(19)21)17-7-12-4-13(8-17)6-14(5-12)9-17/h11-14H,2-10H2,1H3,(H,18,20). The number of amides is 2. The van der Waals surface area contributed by atoms with E-state index in [4.69, 9.17) is 0 Å². The summed E-state index contributed by atoms with van der Waals surface area (Å²) >= 11 is 0. The largest absolute Gasteiger partial charge is 0.347 e. The zero-order valence-electron chi connectivity index (χ0n) is 12.9. The SMILES string of the molecule is CC(N1CCC(=O)NCC1=O)C12CC3CC(CC(C3)C1)C2. The number of hydrogen-bond donors (Lipinski definition) is 1. The molecule has 116 valence electrons. The molecule has 1 aliphatic heterocycles. The minimum absolute atomic E-state index is 0.0172. The van der Waals surface area contributed by atoms with Crippen molar-refractivity contribution < 1.29 is 9.59 Å². The molecule has 1 unspecified atom stereocenters. The summed E-state index contributed by atoms with van der Waals surface area (Å²) in [5, 5.41) is 2.72. The Kier molecular flexibility index (Phi) is 3.05. The fourth-order valence-electron chi connectivity index (χ4n) is 6.14. The van der Waals surface area contributed by atoms with E-state index >= 15 is 0 Å². The monoisotopic (exact) mass is 290 g/mol. The molecule has 0 aromatic heterocycles. The van der Waals surface area contributed by atoms with Gasteiger partial charge in [0.1, 0.15) is 0 Å². The number of nitrogens with one attached hydrogen (secondary N) is 1. The number of rotatable bonds is 2. The second kappa shape index (κ2) is 4.72. The molecule has 2 amide bonds. The van der Waals surface area contributed by atoms with E-state index in [2.05, 4.69) is 12.2 Å². The summed E-state index contributed by atoms with van der Waals surface area (Å²) in [6, 6.07) is 0.297. The third-order valence-electron chi connectivity index (χ3n) is 6.78. The number of carbonyl (C=O) groups is 2. The molecule has 0 radical (unpaired) electrons. The van der Waals surface area contributed by atoms with E-state index in [9.17, 15) is 9.59 Å². The van der Waals surface area contributed by atoms with Gasteiger partial charge in [-0.3, -0.25) is 9.59 Å². The molecular weight excluding hydrogens is 264 g/mol. The van der Waals surface area contributed by atoms with Crippen molar-refractivity contribution in [1.82, 2.24) is 10.2 Å². The average Bonchev–Trinajstić information content (AvgIpc) is 2.59. The van der Waals surface area contributed by atoms with E-state index in [1.54, 1.807) is 0 Å². The van der Waals surface area contributed by atoms with Gasteiger partial charge in [-0.25, -0.2) is 0 Å². The molecule has 1 N–H and O–H groups in total. The van der Waals surface area contributed by atoms with Gasteiger partial charge in [0.05, 0.1) is 6.54 Å². The predicted octanol–water partition coefficient (Wildman–Crippen LogP) is 1.94. The predicted molar refractivity (Wildman–Crippen MR) is 79.4 cm³/mol. The maximum atomic E-state index is 12.4. The highest BCUT2D eigenvalue weighted by Crippen LogP contribution is 2.61. The van der Waals surface area contributed by atoms with Crippen LogP contribution in [0.2, 0.25) is 0 Å². The van der Waals surface area contributed by atoms with Crippen LogP contribution < -0.4 is 5.32 Å². The second-order valence-corrected chi connectivity index (χ2v) is 8.07. The van der Waals surface area contributed by atoms with Crippen LogP contribution in [0.4, 0.5) is 0 Å². The fourth-order valence-corrected chi connectivity index (χ4v) is 6.14. The molecule has 4 aliphatic carbocycles.